The topological polar surface area (TPSA) is 77.1 Å². The van der Waals surface area contributed by atoms with Gasteiger partial charge in [-0.3, -0.25) is 9.59 Å². The Kier molecular flexibility index (Phi) is 7.17. The summed E-state index contributed by atoms with van der Waals surface area (Å²) in [6.45, 7) is 1.37. The van der Waals surface area contributed by atoms with Crippen LogP contribution in [-0.2, 0) is 22.6 Å². The van der Waals surface area contributed by atoms with Crippen molar-refractivity contribution >= 4 is 11.8 Å². The molecule has 1 aliphatic rings. The quantitative estimate of drug-likeness (QED) is 0.685. The summed E-state index contributed by atoms with van der Waals surface area (Å²) in [4.78, 5) is 26.7. The van der Waals surface area contributed by atoms with E-state index in [1.54, 1.807) is 26.2 Å². The zero-order valence-electron chi connectivity index (χ0n) is 17.6. The molecule has 0 bridgehead atoms. The second-order valence-electron chi connectivity index (χ2n) is 7.21. The molecule has 0 spiro atoms. The molecule has 160 valence electrons. The van der Waals surface area contributed by atoms with E-state index in [9.17, 15) is 9.59 Å². The minimum atomic E-state index is -0.336. The molecule has 1 heterocycles. The van der Waals surface area contributed by atoms with Crippen LogP contribution >= 0.6 is 0 Å². The Bertz CT molecular complexity index is 899. The minimum absolute atomic E-state index is 0.00733. The first-order chi connectivity index (χ1) is 14.5. The van der Waals surface area contributed by atoms with Crippen LogP contribution in [0.25, 0.3) is 0 Å². The Labute approximate surface area is 176 Å². The van der Waals surface area contributed by atoms with Gasteiger partial charge in [-0.1, -0.05) is 24.3 Å². The fourth-order valence-electron chi connectivity index (χ4n) is 3.64. The lowest BCUT2D eigenvalue weighted by molar-refractivity contribution is -0.129. The van der Waals surface area contributed by atoms with Gasteiger partial charge in [-0.05, 0) is 30.2 Å². The zero-order chi connectivity index (χ0) is 21.5. The van der Waals surface area contributed by atoms with E-state index in [4.69, 9.17) is 14.2 Å². The number of methoxy groups -OCH3 is 3. The maximum atomic E-state index is 12.6. The van der Waals surface area contributed by atoms with Gasteiger partial charge in [-0.2, -0.15) is 0 Å². The van der Waals surface area contributed by atoms with Crippen molar-refractivity contribution in [2.45, 2.75) is 19.4 Å². The second kappa shape index (κ2) is 10.0. The Morgan fingerprint density at radius 3 is 2.50 bits per heavy atom. The highest BCUT2D eigenvalue weighted by atomic mass is 16.5. The molecule has 7 heteroatoms. The molecular weight excluding hydrogens is 384 g/mol. The van der Waals surface area contributed by atoms with E-state index in [0.29, 0.717) is 37.6 Å². The van der Waals surface area contributed by atoms with E-state index >= 15 is 0 Å². The Morgan fingerprint density at radius 1 is 1.03 bits per heavy atom. The Hall–Kier alpha value is -3.22. The minimum Gasteiger partial charge on any atom is -0.496 e. The Balaban J connectivity index is 1.52. The average Bonchev–Trinajstić information content (AvgIpc) is 3.16. The molecular formula is C23H28N2O5. The molecule has 0 aromatic heterocycles. The van der Waals surface area contributed by atoms with Crippen LogP contribution in [0, 0.1) is 5.92 Å². The van der Waals surface area contributed by atoms with Crippen molar-refractivity contribution in [3.8, 4) is 17.2 Å². The summed E-state index contributed by atoms with van der Waals surface area (Å²) in [7, 11) is 4.80. The van der Waals surface area contributed by atoms with Crippen molar-refractivity contribution < 1.29 is 23.8 Å². The molecule has 0 saturated carbocycles. The fourth-order valence-corrected chi connectivity index (χ4v) is 3.64. The van der Waals surface area contributed by atoms with Crippen molar-refractivity contribution in [2.24, 2.45) is 5.92 Å². The van der Waals surface area contributed by atoms with Gasteiger partial charge in [-0.25, -0.2) is 0 Å². The van der Waals surface area contributed by atoms with Crippen LogP contribution < -0.4 is 19.5 Å². The molecule has 3 rings (SSSR count). The molecule has 30 heavy (non-hydrogen) atoms. The first kappa shape index (κ1) is 21.5. The predicted molar refractivity (Wildman–Crippen MR) is 113 cm³/mol. The van der Waals surface area contributed by atoms with Crippen LogP contribution in [0.15, 0.2) is 42.5 Å². The molecule has 2 aromatic carbocycles. The highest BCUT2D eigenvalue weighted by Gasteiger charge is 2.33. The summed E-state index contributed by atoms with van der Waals surface area (Å²) >= 11 is 0. The van der Waals surface area contributed by atoms with Gasteiger partial charge in [0.2, 0.25) is 11.8 Å². The third-order valence-corrected chi connectivity index (χ3v) is 5.35. The van der Waals surface area contributed by atoms with Gasteiger partial charge in [0.1, 0.15) is 5.75 Å². The molecule has 2 amide bonds. The SMILES string of the molecule is COc1ccccc1CNC(=O)C1CC(=O)N(CCc2ccc(OC)c(OC)c2)C1. The molecule has 1 unspecified atom stereocenters. The highest BCUT2D eigenvalue weighted by Crippen LogP contribution is 2.28. The largest absolute Gasteiger partial charge is 0.496 e. The van der Waals surface area contributed by atoms with E-state index in [-0.39, 0.29) is 24.2 Å². The lowest BCUT2D eigenvalue weighted by atomic mass is 10.1. The monoisotopic (exact) mass is 412 g/mol. The van der Waals surface area contributed by atoms with Crippen molar-refractivity contribution in [2.75, 3.05) is 34.4 Å². The van der Waals surface area contributed by atoms with Crippen molar-refractivity contribution in [1.29, 1.82) is 0 Å². The van der Waals surface area contributed by atoms with Crippen molar-refractivity contribution in [3.63, 3.8) is 0 Å². The maximum Gasteiger partial charge on any atom is 0.225 e. The van der Waals surface area contributed by atoms with Gasteiger partial charge < -0.3 is 24.4 Å². The molecule has 1 atom stereocenters. The summed E-state index contributed by atoms with van der Waals surface area (Å²) in [6, 6.07) is 13.3. The summed E-state index contributed by atoms with van der Waals surface area (Å²) in [5.74, 6) is 1.63. The van der Waals surface area contributed by atoms with Gasteiger partial charge in [0.15, 0.2) is 11.5 Å². The summed E-state index contributed by atoms with van der Waals surface area (Å²) < 4.78 is 15.9. The smallest absolute Gasteiger partial charge is 0.225 e. The number of hydrogen-bond acceptors (Lipinski definition) is 5. The van der Waals surface area contributed by atoms with Crippen LogP contribution in [0.5, 0.6) is 17.2 Å². The number of hydrogen-bond donors (Lipinski definition) is 1. The lowest BCUT2D eigenvalue weighted by Crippen LogP contribution is -2.33. The number of carbonyl (C=O) groups is 2. The maximum absolute atomic E-state index is 12.6. The Morgan fingerprint density at radius 2 is 1.77 bits per heavy atom. The van der Waals surface area contributed by atoms with Crippen LogP contribution in [-0.4, -0.2) is 51.1 Å². The molecule has 1 aliphatic heterocycles. The first-order valence-corrected chi connectivity index (χ1v) is 9.94. The fraction of sp³-hybridized carbons (Fsp3) is 0.391. The van der Waals surface area contributed by atoms with Gasteiger partial charge in [0.05, 0.1) is 27.2 Å². The number of nitrogens with zero attached hydrogens (tertiary/aromatic N) is 1. The predicted octanol–water partition coefficient (Wildman–Crippen LogP) is 2.42. The summed E-state index contributed by atoms with van der Waals surface area (Å²) in [6.07, 6.45) is 0.922. The number of rotatable bonds is 9. The van der Waals surface area contributed by atoms with Crippen LogP contribution in [0.2, 0.25) is 0 Å². The third-order valence-electron chi connectivity index (χ3n) is 5.35. The van der Waals surface area contributed by atoms with E-state index in [2.05, 4.69) is 5.32 Å². The van der Waals surface area contributed by atoms with E-state index in [1.807, 2.05) is 42.5 Å². The van der Waals surface area contributed by atoms with Crippen LogP contribution in [0.3, 0.4) is 0 Å². The van der Waals surface area contributed by atoms with E-state index < -0.39 is 0 Å². The molecule has 0 radical (unpaired) electrons. The standard InChI is InChI=1S/C23H28N2O5/c1-28-19-7-5-4-6-17(19)14-24-23(27)18-13-22(26)25(15-18)11-10-16-8-9-20(29-2)21(12-16)30-3/h4-9,12,18H,10-11,13-15H2,1-3H3,(H,24,27). The lowest BCUT2D eigenvalue weighted by Gasteiger charge is -2.17. The van der Waals surface area contributed by atoms with Gasteiger partial charge >= 0.3 is 0 Å². The van der Waals surface area contributed by atoms with Crippen LogP contribution in [0.1, 0.15) is 17.5 Å². The molecule has 2 aromatic rings. The zero-order valence-corrected chi connectivity index (χ0v) is 17.6. The molecule has 1 saturated heterocycles. The number of amides is 2. The number of benzene rings is 2. The van der Waals surface area contributed by atoms with Gasteiger partial charge in [-0.15, -0.1) is 0 Å². The normalized spacial score (nSPS) is 15.8. The second-order valence-corrected chi connectivity index (χ2v) is 7.21. The molecule has 1 N–H and O–H groups in total. The average molecular weight is 412 g/mol. The number of para-hydroxylation sites is 1. The number of nitrogens with one attached hydrogen (secondary N) is 1. The van der Waals surface area contributed by atoms with E-state index in [1.165, 1.54) is 0 Å². The molecule has 0 aliphatic carbocycles. The van der Waals surface area contributed by atoms with Gasteiger partial charge in [0, 0.05) is 31.6 Å². The van der Waals surface area contributed by atoms with Crippen molar-refractivity contribution in [1.82, 2.24) is 10.2 Å². The molecule has 1 fully saturated rings. The number of likely N-dealkylation sites (tertiary alicyclic amines) is 1. The number of ether oxygens (including phenoxy) is 3. The number of carbonyl (C=O) groups excluding carboxylic acids is 2. The molecule has 7 nitrogen and oxygen atoms in total. The van der Waals surface area contributed by atoms with E-state index in [0.717, 1.165) is 16.9 Å². The third kappa shape index (κ3) is 5.03. The highest BCUT2D eigenvalue weighted by molar-refractivity contribution is 5.89. The summed E-state index contributed by atoms with van der Waals surface area (Å²) in [5, 5.41) is 2.93. The van der Waals surface area contributed by atoms with Crippen LogP contribution in [0.4, 0.5) is 0 Å². The summed E-state index contributed by atoms with van der Waals surface area (Å²) in [5.41, 5.74) is 1.95. The van der Waals surface area contributed by atoms with Gasteiger partial charge in [0.25, 0.3) is 0 Å². The van der Waals surface area contributed by atoms with Crippen molar-refractivity contribution in [3.05, 3.63) is 53.6 Å². The first-order valence-electron chi connectivity index (χ1n) is 9.94.